The minimum absolute atomic E-state index is 0.0632. The molecule has 1 aromatic rings. The van der Waals surface area contributed by atoms with Crippen LogP contribution in [0.25, 0.3) is 0 Å². The molecule has 0 saturated heterocycles. The summed E-state index contributed by atoms with van der Waals surface area (Å²) in [5, 5.41) is 7.84. The lowest BCUT2D eigenvalue weighted by atomic mass is 9.73. The Labute approximate surface area is 111 Å². The lowest BCUT2D eigenvalue weighted by molar-refractivity contribution is -0.101. The smallest absolute Gasteiger partial charge is 0.0888 e. The molecule has 1 N–H and O–H groups in total. The fraction of sp³-hybridized carbons (Fsp3) is 0.750. The van der Waals surface area contributed by atoms with Crippen molar-refractivity contribution in [1.29, 1.82) is 0 Å². The van der Waals surface area contributed by atoms with Gasteiger partial charge in [-0.05, 0) is 41.7 Å². The lowest BCUT2D eigenvalue weighted by Crippen LogP contribution is -2.51. The van der Waals surface area contributed by atoms with Gasteiger partial charge in [0, 0.05) is 14.2 Å². The van der Waals surface area contributed by atoms with Crippen molar-refractivity contribution in [1.82, 2.24) is 15.1 Å². The molecule has 1 aliphatic rings. The summed E-state index contributed by atoms with van der Waals surface area (Å²) in [5.74, 6) is 0. The summed E-state index contributed by atoms with van der Waals surface area (Å²) in [7, 11) is 3.79. The van der Waals surface area contributed by atoms with E-state index in [0.29, 0.717) is 0 Å². The third kappa shape index (κ3) is 2.16. The predicted molar refractivity (Wildman–Crippen MR) is 70.9 cm³/mol. The maximum atomic E-state index is 5.80. The first-order chi connectivity index (χ1) is 8.14. The Morgan fingerprint density at radius 2 is 2.35 bits per heavy atom. The molecule has 1 unspecified atom stereocenters. The van der Waals surface area contributed by atoms with Crippen LogP contribution < -0.4 is 5.32 Å². The first kappa shape index (κ1) is 13.1. The van der Waals surface area contributed by atoms with Crippen molar-refractivity contribution in [3.63, 3.8) is 0 Å². The van der Waals surface area contributed by atoms with E-state index in [1.165, 1.54) is 12.1 Å². The average molecular weight is 302 g/mol. The van der Waals surface area contributed by atoms with E-state index in [1.807, 2.05) is 25.0 Å². The molecule has 1 aromatic heterocycles. The van der Waals surface area contributed by atoms with E-state index in [2.05, 4.69) is 33.3 Å². The number of aryl methyl sites for hydroxylation is 1. The Morgan fingerprint density at radius 1 is 1.65 bits per heavy atom. The van der Waals surface area contributed by atoms with Gasteiger partial charge in [-0.2, -0.15) is 5.10 Å². The minimum Gasteiger partial charge on any atom is -0.376 e. The number of nitrogens with zero attached hydrogens (tertiary/aromatic N) is 2. The molecule has 0 radical (unpaired) electrons. The van der Waals surface area contributed by atoms with E-state index >= 15 is 0 Å². The highest BCUT2D eigenvalue weighted by atomic mass is 79.9. The number of methoxy groups -OCH3 is 1. The standard InChI is InChI=1S/C12H20BrN3O/c1-4-14-11(12(17-3)6-5-7-12)10-9(13)8-15-16(10)2/h8,11,14H,4-7H2,1-3H3. The molecular formula is C12H20BrN3O. The Balaban J connectivity index is 2.35. The number of rotatable bonds is 5. The van der Waals surface area contributed by atoms with Gasteiger partial charge in [0.2, 0.25) is 0 Å². The summed E-state index contributed by atoms with van der Waals surface area (Å²) in [6.45, 7) is 3.05. The van der Waals surface area contributed by atoms with Gasteiger partial charge in [0.1, 0.15) is 0 Å². The number of ether oxygens (including phenoxy) is 1. The quantitative estimate of drug-likeness (QED) is 0.908. The third-order valence-corrected chi connectivity index (χ3v) is 4.36. The van der Waals surface area contributed by atoms with E-state index in [0.717, 1.165) is 23.9 Å². The summed E-state index contributed by atoms with van der Waals surface area (Å²) >= 11 is 3.58. The van der Waals surface area contributed by atoms with E-state index in [9.17, 15) is 0 Å². The van der Waals surface area contributed by atoms with E-state index < -0.39 is 0 Å². The fourth-order valence-corrected chi connectivity index (χ4v) is 3.19. The SMILES string of the molecule is CCNC(c1c(Br)cnn1C)C1(OC)CCC1. The summed E-state index contributed by atoms with van der Waals surface area (Å²) in [6, 6.07) is 0.202. The normalized spacial score (nSPS) is 20.0. The average Bonchev–Trinajstić information content (AvgIpc) is 2.57. The molecular weight excluding hydrogens is 282 g/mol. The van der Waals surface area contributed by atoms with Crippen molar-refractivity contribution < 1.29 is 4.74 Å². The number of nitrogens with one attached hydrogen (secondary N) is 1. The zero-order valence-electron chi connectivity index (χ0n) is 10.7. The fourth-order valence-electron chi connectivity index (χ4n) is 2.62. The molecule has 1 fully saturated rings. The molecule has 5 heteroatoms. The molecule has 96 valence electrons. The van der Waals surface area contributed by atoms with Crippen LogP contribution in [-0.2, 0) is 11.8 Å². The zero-order valence-corrected chi connectivity index (χ0v) is 12.2. The molecule has 1 aliphatic carbocycles. The van der Waals surface area contributed by atoms with Gasteiger partial charge in [-0.3, -0.25) is 4.68 Å². The van der Waals surface area contributed by atoms with Crippen molar-refractivity contribution in [3.05, 3.63) is 16.4 Å². The Kier molecular flexibility index (Phi) is 3.90. The largest absolute Gasteiger partial charge is 0.376 e. The van der Waals surface area contributed by atoms with Crippen LogP contribution in [-0.4, -0.2) is 29.0 Å². The Hall–Kier alpha value is -0.390. The number of halogens is 1. The molecule has 0 spiro atoms. The summed E-state index contributed by atoms with van der Waals surface area (Å²) in [6.07, 6.45) is 5.31. The van der Waals surface area contributed by atoms with Crippen LogP contribution in [0.4, 0.5) is 0 Å². The van der Waals surface area contributed by atoms with Crippen LogP contribution in [0.2, 0.25) is 0 Å². The van der Waals surface area contributed by atoms with Gasteiger partial charge in [-0.25, -0.2) is 0 Å². The van der Waals surface area contributed by atoms with Crippen LogP contribution in [0.5, 0.6) is 0 Å². The maximum absolute atomic E-state index is 5.80. The van der Waals surface area contributed by atoms with E-state index in [4.69, 9.17) is 4.74 Å². The molecule has 1 heterocycles. The second-order valence-electron chi connectivity index (χ2n) is 4.61. The minimum atomic E-state index is -0.0632. The van der Waals surface area contributed by atoms with Crippen LogP contribution in [0.1, 0.15) is 37.9 Å². The molecule has 17 heavy (non-hydrogen) atoms. The third-order valence-electron chi connectivity index (χ3n) is 3.75. The maximum Gasteiger partial charge on any atom is 0.0888 e. The first-order valence-electron chi connectivity index (χ1n) is 6.10. The Bertz CT molecular complexity index is 362. The number of hydrogen-bond donors (Lipinski definition) is 1. The molecule has 0 amide bonds. The second kappa shape index (κ2) is 5.08. The van der Waals surface area contributed by atoms with Crippen molar-refractivity contribution in [2.45, 2.75) is 37.8 Å². The summed E-state index contributed by atoms with van der Waals surface area (Å²) in [4.78, 5) is 0. The van der Waals surface area contributed by atoms with Gasteiger partial charge in [0.05, 0.1) is 28.0 Å². The number of aromatic nitrogens is 2. The van der Waals surface area contributed by atoms with Crippen LogP contribution in [0.3, 0.4) is 0 Å². The molecule has 1 saturated carbocycles. The molecule has 4 nitrogen and oxygen atoms in total. The zero-order chi connectivity index (χ0) is 12.5. The van der Waals surface area contributed by atoms with E-state index in [1.54, 1.807) is 0 Å². The monoisotopic (exact) mass is 301 g/mol. The van der Waals surface area contributed by atoms with Gasteiger partial charge >= 0.3 is 0 Å². The van der Waals surface area contributed by atoms with Crippen molar-refractivity contribution in [2.24, 2.45) is 7.05 Å². The lowest BCUT2D eigenvalue weighted by Gasteiger charge is -2.46. The highest BCUT2D eigenvalue weighted by Gasteiger charge is 2.46. The van der Waals surface area contributed by atoms with Gasteiger partial charge in [-0.1, -0.05) is 6.92 Å². The van der Waals surface area contributed by atoms with Crippen molar-refractivity contribution >= 4 is 15.9 Å². The van der Waals surface area contributed by atoms with E-state index in [-0.39, 0.29) is 11.6 Å². The van der Waals surface area contributed by atoms with Gasteiger partial charge in [0.25, 0.3) is 0 Å². The summed E-state index contributed by atoms with van der Waals surface area (Å²) < 4.78 is 8.78. The summed E-state index contributed by atoms with van der Waals surface area (Å²) in [5.41, 5.74) is 1.11. The number of hydrogen-bond acceptors (Lipinski definition) is 3. The topological polar surface area (TPSA) is 39.1 Å². The highest BCUT2D eigenvalue weighted by Crippen LogP contribution is 2.46. The van der Waals surface area contributed by atoms with Gasteiger partial charge in [0.15, 0.2) is 0 Å². The molecule has 2 rings (SSSR count). The first-order valence-corrected chi connectivity index (χ1v) is 6.90. The molecule has 0 aliphatic heterocycles. The van der Waals surface area contributed by atoms with Crippen LogP contribution in [0, 0.1) is 0 Å². The van der Waals surface area contributed by atoms with Crippen LogP contribution >= 0.6 is 15.9 Å². The molecule has 0 aromatic carbocycles. The van der Waals surface area contributed by atoms with Gasteiger partial charge < -0.3 is 10.1 Å². The van der Waals surface area contributed by atoms with Crippen LogP contribution in [0.15, 0.2) is 10.7 Å². The second-order valence-corrected chi connectivity index (χ2v) is 5.47. The number of likely N-dealkylation sites (N-methyl/N-ethyl adjacent to an activating group) is 1. The van der Waals surface area contributed by atoms with Crippen molar-refractivity contribution in [2.75, 3.05) is 13.7 Å². The molecule has 1 atom stereocenters. The van der Waals surface area contributed by atoms with Crippen molar-refractivity contribution in [3.8, 4) is 0 Å². The Morgan fingerprint density at radius 3 is 2.71 bits per heavy atom. The van der Waals surface area contributed by atoms with Gasteiger partial charge in [-0.15, -0.1) is 0 Å². The molecule has 0 bridgehead atoms. The highest BCUT2D eigenvalue weighted by molar-refractivity contribution is 9.10. The predicted octanol–water partition coefficient (Wildman–Crippen LogP) is 2.40.